The molecule has 2 aromatic rings. The fraction of sp³-hybridized carbons (Fsp3) is 0.350. The third kappa shape index (κ3) is 3.21. The van der Waals surface area contributed by atoms with Crippen LogP contribution in [0.5, 0.6) is 0 Å². The number of thioether (sulfide) groups is 1. The van der Waals surface area contributed by atoms with Gasteiger partial charge in [-0.15, -0.1) is 0 Å². The SMILES string of the molecule is Cc1cc([N+](=O)[O-])ccc1-c1ccccc1NC1=NC2(CCCC2)CS1. The second kappa shape index (κ2) is 6.76. The number of aliphatic imine (C=N–C) groups is 1. The summed E-state index contributed by atoms with van der Waals surface area (Å²) >= 11 is 1.80. The monoisotopic (exact) mass is 367 g/mol. The molecular formula is C20H21N3O2S. The summed E-state index contributed by atoms with van der Waals surface area (Å²) < 4.78 is 0. The van der Waals surface area contributed by atoms with Gasteiger partial charge in [-0.3, -0.25) is 15.1 Å². The van der Waals surface area contributed by atoms with Gasteiger partial charge in [0.15, 0.2) is 5.17 Å². The molecule has 1 fully saturated rings. The molecule has 1 aliphatic carbocycles. The summed E-state index contributed by atoms with van der Waals surface area (Å²) in [6.45, 7) is 1.91. The standard InChI is InChI=1S/C20H21N3O2S/c1-14-12-15(23(24)25)8-9-16(14)17-6-2-3-7-18(17)21-19-22-20(13-26-19)10-4-5-11-20/h2-3,6-9,12H,4-5,10-11,13H2,1H3,(H,21,22). The van der Waals surface area contributed by atoms with Gasteiger partial charge in [0.25, 0.3) is 5.69 Å². The highest BCUT2D eigenvalue weighted by Gasteiger charge is 2.38. The quantitative estimate of drug-likeness (QED) is 0.583. The molecule has 1 N–H and O–H groups in total. The maximum Gasteiger partial charge on any atom is 0.269 e. The highest BCUT2D eigenvalue weighted by atomic mass is 32.2. The largest absolute Gasteiger partial charge is 0.334 e. The molecule has 134 valence electrons. The van der Waals surface area contributed by atoms with Gasteiger partial charge in [0.2, 0.25) is 0 Å². The molecular weight excluding hydrogens is 346 g/mol. The Morgan fingerprint density at radius 2 is 1.92 bits per heavy atom. The molecule has 1 heterocycles. The lowest BCUT2D eigenvalue weighted by Gasteiger charge is -2.16. The van der Waals surface area contributed by atoms with Crippen LogP contribution in [-0.2, 0) is 0 Å². The van der Waals surface area contributed by atoms with E-state index in [-0.39, 0.29) is 16.1 Å². The molecule has 0 saturated heterocycles. The van der Waals surface area contributed by atoms with Gasteiger partial charge in [-0.1, -0.05) is 42.8 Å². The molecule has 6 heteroatoms. The normalized spacial score (nSPS) is 18.1. The zero-order valence-corrected chi connectivity index (χ0v) is 15.5. The predicted molar refractivity (Wildman–Crippen MR) is 108 cm³/mol. The van der Waals surface area contributed by atoms with Crippen LogP contribution < -0.4 is 5.32 Å². The Morgan fingerprint density at radius 1 is 1.15 bits per heavy atom. The van der Waals surface area contributed by atoms with Crippen molar-refractivity contribution < 1.29 is 4.92 Å². The first-order chi connectivity index (χ1) is 12.6. The summed E-state index contributed by atoms with van der Waals surface area (Å²) in [5.41, 5.74) is 4.18. The molecule has 0 atom stereocenters. The minimum Gasteiger partial charge on any atom is -0.334 e. The Bertz CT molecular complexity index is 888. The molecule has 1 saturated carbocycles. The molecule has 5 nitrogen and oxygen atoms in total. The first-order valence-corrected chi connectivity index (χ1v) is 9.89. The van der Waals surface area contributed by atoms with Crippen molar-refractivity contribution in [1.82, 2.24) is 0 Å². The zero-order chi connectivity index (χ0) is 18.1. The van der Waals surface area contributed by atoms with Crippen LogP contribution in [0.25, 0.3) is 11.1 Å². The molecule has 0 aromatic heterocycles. The molecule has 1 spiro atoms. The van der Waals surface area contributed by atoms with Gasteiger partial charge in [0, 0.05) is 29.1 Å². The molecule has 0 unspecified atom stereocenters. The lowest BCUT2D eigenvalue weighted by Crippen LogP contribution is -2.21. The number of nitrogens with zero attached hydrogens (tertiary/aromatic N) is 2. The van der Waals surface area contributed by atoms with Crippen LogP contribution in [0.4, 0.5) is 11.4 Å². The molecule has 2 aliphatic rings. The first-order valence-electron chi connectivity index (χ1n) is 8.90. The van der Waals surface area contributed by atoms with Crippen molar-refractivity contribution in [3.8, 4) is 11.1 Å². The Morgan fingerprint density at radius 3 is 2.65 bits per heavy atom. The van der Waals surface area contributed by atoms with Crippen molar-refractivity contribution >= 4 is 28.3 Å². The molecule has 4 rings (SSSR count). The second-order valence-electron chi connectivity index (χ2n) is 7.06. The van der Waals surface area contributed by atoms with Crippen LogP contribution in [0.2, 0.25) is 0 Å². The number of amidine groups is 1. The highest BCUT2D eigenvalue weighted by Crippen LogP contribution is 2.42. The van der Waals surface area contributed by atoms with E-state index in [2.05, 4.69) is 5.32 Å². The lowest BCUT2D eigenvalue weighted by atomic mass is 9.98. The summed E-state index contributed by atoms with van der Waals surface area (Å²) in [6.07, 6.45) is 4.93. The van der Waals surface area contributed by atoms with E-state index in [9.17, 15) is 10.1 Å². The Hall–Kier alpha value is -2.34. The molecule has 0 bridgehead atoms. The summed E-state index contributed by atoms with van der Waals surface area (Å²) in [4.78, 5) is 15.6. The number of anilines is 1. The van der Waals surface area contributed by atoms with E-state index in [0.717, 1.165) is 33.3 Å². The van der Waals surface area contributed by atoms with Crippen LogP contribution in [0.3, 0.4) is 0 Å². The summed E-state index contributed by atoms with van der Waals surface area (Å²) in [6, 6.07) is 13.1. The van der Waals surface area contributed by atoms with E-state index in [1.807, 2.05) is 37.3 Å². The third-order valence-corrected chi connectivity index (χ3v) is 6.38. The number of hydrogen-bond donors (Lipinski definition) is 1. The summed E-state index contributed by atoms with van der Waals surface area (Å²) in [7, 11) is 0. The van der Waals surface area contributed by atoms with Gasteiger partial charge in [-0.05, 0) is 43.0 Å². The topological polar surface area (TPSA) is 67.5 Å². The van der Waals surface area contributed by atoms with Gasteiger partial charge in [0.1, 0.15) is 0 Å². The number of hydrogen-bond acceptors (Lipinski definition) is 5. The van der Waals surface area contributed by atoms with E-state index in [0.29, 0.717) is 0 Å². The molecule has 0 amide bonds. The zero-order valence-electron chi connectivity index (χ0n) is 14.7. The van der Waals surface area contributed by atoms with E-state index in [1.54, 1.807) is 23.9 Å². The molecule has 2 aromatic carbocycles. The smallest absolute Gasteiger partial charge is 0.269 e. The average Bonchev–Trinajstić information content (AvgIpc) is 3.25. The van der Waals surface area contributed by atoms with Crippen molar-refractivity contribution in [3.05, 3.63) is 58.1 Å². The number of aryl methyl sites for hydroxylation is 1. The van der Waals surface area contributed by atoms with Crippen LogP contribution in [0.15, 0.2) is 47.5 Å². The summed E-state index contributed by atoms with van der Waals surface area (Å²) in [5, 5.41) is 15.5. The van der Waals surface area contributed by atoms with Crippen molar-refractivity contribution in [1.29, 1.82) is 0 Å². The van der Waals surface area contributed by atoms with Gasteiger partial charge in [-0.25, -0.2) is 0 Å². The van der Waals surface area contributed by atoms with E-state index >= 15 is 0 Å². The van der Waals surface area contributed by atoms with Gasteiger partial charge < -0.3 is 5.32 Å². The number of rotatable bonds is 3. The number of non-ortho nitro benzene ring substituents is 1. The Labute approximate surface area is 157 Å². The second-order valence-corrected chi connectivity index (χ2v) is 8.03. The van der Waals surface area contributed by atoms with Crippen LogP contribution >= 0.6 is 11.8 Å². The predicted octanol–water partition coefficient (Wildman–Crippen LogP) is 5.40. The molecule has 1 aliphatic heterocycles. The van der Waals surface area contributed by atoms with Crippen molar-refractivity contribution in [3.63, 3.8) is 0 Å². The van der Waals surface area contributed by atoms with Gasteiger partial charge >= 0.3 is 0 Å². The average molecular weight is 367 g/mol. The third-order valence-electron chi connectivity index (χ3n) is 5.23. The number of nitro groups is 1. The minimum atomic E-state index is -0.355. The van der Waals surface area contributed by atoms with E-state index in [4.69, 9.17) is 4.99 Å². The summed E-state index contributed by atoms with van der Waals surface area (Å²) in [5.74, 6) is 1.06. The van der Waals surface area contributed by atoms with Crippen molar-refractivity contribution in [2.24, 2.45) is 4.99 Å². The minimum absolute atomic E-state index is 0.121. The Kier molecular flexibility index (Phi) is 4.44. The first kappa shape index (κ1) is 17.1. The number of nitrogens with one attached hydrogen (secondary N) is 1. The van der Waals surface area contributed by atoms with Gasteiger partial charge in [-0.2, -0.15) is 0 Å². The molecule has 26 heavy (non-hydrogen) atoms. The van der Waals surface area contributed by atoms with Crippen molar-refractivity contribution in [2.45, 2.75) is 38.1 Å². The lowest BCUT2D eigenvalue weighted by molar-refractivity contribution is -0.384. The maximum absolute atomic E-state index is 11.0. The van der Waals surface area contributed by atoms with Crippen LogP contribution in [0, 0.1) is 17.0 Å². The van der Waals surface area contributed by atoms with E-state index < -0.39 is 0 Å². The number of para-hydroxylation sites is 1. The van der Waals surface area contributed by atoms with Crippen LogP contribution in [0.1, 0.15) is 31.2 Å². The maximum atomic E-state index is 11.0. The number of benzene rings is 2. The van der Waals surface area contributed by atoms with Crippen molar-refractivity contribution in [2.75, 3.05) is 11.1 Å². The highest BCUT2D eigenvalue weighted by molar-refractivity contribution is 8.14. The van der Waals surface area contributed by atoms with Crippen LogP contribution in [-0.4, -0.2) is 21.4 Å². The van der Waals surface area contributed by atoms with E-state index in [1.165, 1.54) is 25.7 Å². The fourth-order valence-electron chi connectivity index (χ4n) is 3.84. The fourth-order valence-corrected chi connectivity index (χ4v) is 5.04. The number of nitro benzene ring substituents is 1. The Balaban J connectivity index is 1.65. The molecule has 0 radical (unpaired) electrons. The van der Waals surface area contributed by atoms with Gasteiger partial charge in [0.05, 0.1) is 10.5 Å².